The minimum atomic E-state index is 0.652. The zero-order chi connectivity index (χ0) is 12.5. The van der Waals surface area contributed by atoms with E-state index in [9.17, 15) is 0 Å². The molecule has 2 aromatic rings. The molecule has 3 rings (SSSR count). The van der Waals surface area contributed by atoms with Crippen molar-refractivity contribution < 1.29 is 0 Å². The maximum atomic E-state index is 4.09. The molecule has 0 radical (unpaired) electrons. The van der Waals surface area contributed by atoms with Crippen molar-refractivity contribution in [3.05, 3.63) is 34.1 Å². The van der Waals surface area contributed by atoms with Gasteiger partial charge in [0, 0.05) is 10.5 Å². The average Bonchev–Trinajstić information content (AvgIpc) is 3.08. The topological polar surface area (TPSA) is 55.6 Å². The minimum Gasteiger partial charge on any atom is -0.307 e. The summed E-state index contributed by atoms with van der Waals surface area (Å²) in [5, 5.41) is 15.4. The second-order valence-corrected chi connectivity index (χ2v) is 5.40. The Morgan fingerprint density at radius 1 is 1.44 bits per heavy atom. The summed E-state index contributed by atoms with van der Waals surface area (Å²) in [6, 6.07) is 6.69. The van der Waals surface area contributed by atoms with Crippen molar-refractivity contribution in [1.82, 2.24) is 25.5 Å². The molecule has 1 aliphatic carbocycles. The highest BCUT2D eigenvalue weighted by Crippen LogP contribution is 2.23. The Hall–Kier alpha value is -1.27. The Morgan fingerprint density at radius 2 is 2.28 bits per heavy atom. The van der Waals surface area contributed by atoms with Crippen LogP contribution in [0.25, 0.3) is 5.69 Å². The summed E-state index contributed by atoms with van der Waals surface area (Å²) in [4.78, 5) is 0. The number of aromatic nitrogens is 4. The molecule has 0 atom stereocenters. The van der Waals surface area contributed by atoms with Crippen LogP contribution >= 0.6 is 15.9 Å². The second kappa shape index (κ2) is 4.78. The quantitative estimate of drug-likeness (QED) is 0.938. The minimum absolute atomic E-state index is 0.652. The van der Waals surface area contributed by atoms with Crippen LogP contribution in [0, 0.1) is 6.92 Å². The van der Waals surface area contributed by atoms with Crippen molar-refractivity contribution in [2.75, 3.05) is 0 Å². The normalized spacial score (nSPS) is 15.0. The van der Waals surface area contributed by atoms with Crippen LogP contribution in [0.1, 0.15) is 24.2 Å². The summed E-state index contributed by atoms with van der Waals surface area (Å²) in [7, 11) is 0. The fraction of sp³-hybridized carbons (Fsp3) is 0.417. The van der Waals surface area contributed by atoms with E-state index >= 15 is 0 Å². The van der Waals surface area contributed by atoms with E-state index in [1.54, 1.807) is 4.68 Å². The lowest BCUT2D eigenvalue weighted by Crippen LogP contribution is -2.19. The second-order valence-electron chi connectivity index (χ2n) is 4.55. The van der Waals surface area contributed by atoms with Crippen LogP contribution < -0.4 is 5.32 Å². The molecular weight excluding hydrogens is 294 g/mol. The van der Waals surface area contributed by atoms with Crippen LogP contribution in [0.5, 0.6) is 0 Å². The van der Waals surface area contributed by atoms with Gasteiger partial charge in [0.15, 0.2) is 5.82 Å². The van der Waals surface area contributed by atoms with Crippen molar-refractivity contribution in [2.45, 2.75) is 32.4 Å². The first-order chi connectivity index (χ1) is 8.75. The predicted octanol–water partition coefficient (Wildman–Crippen LogP) is 1.99. The van der Waals surface area contributed by atoms with E-state index in [2.05, 4.69) is 43.7 Å². The van der Waals surface area contributed by atoms with Gasteiger partial charge in [0.2, 0.25) is 0 Å². The average molecular weight is 308 g/mol. The summed E-state index contributed by atoms with van der Waals surface area (Å²) >= 11 is 3.53. The van der Waals surface area contributed by atoms with Crippen molar-refractivity contribution in [3.8, 4) is 5.69 Å². The summed E-state index contributed by atoms with van der Waals surface area (Å²) < 4.78 is 2.87. The van der Waals surface area contributed by atoms with Crippen molar-refractivity contribution in [2.24, 2.45) is 0 Å². The van der Waals surface area contributed by atoms with Crippen LogP contribution in [0.3, 0.4) is 0 Å². The third-order valence-corrected chi connectivity index (χ3v) is 3.99. The van der Waals surface area contributed by atoms with Gasteiger partial charge in [0.05, 0.1) is 12.2 Å². The molecule has 0 saturated heterocycles. The van der Waals surface area contributed by atoms with Crippen LogP contribution in [0.2, 0.25) is 0 Å². The van der Waals surface area contributed by atoms with E-state index in [0.29, 0.717) is 12.6 Å². The summed E-state index contributed by atoms with van der Waals surface area (Å²) in [5.74, 6) is 0.850. The van der Waals surface area contributed by atoms with E-state index in [4.69, 9.17) is 0 Å². The molecule has 1 aromatic carbocycles. The fourth-order valence-electron chi connectivity index (χ4n) is 1.85. The Morgan fingerprint density at radius 3 is 3.06 bits per heavy atom. The third kappa shape index (κ3) is 2.30. The molecule has 1 fully saturated rings. The smallest absolute Gasteiger partial charge is 0.170 e. The van der Waals surface area contributed by atoms with Gasteiger partial charge in [-0.25, -0.2) is 0 Å². The van der Waals surface area contributed by atoms with Gasteiger partial charge in [-0.1, -0.05) is 22.0 Å². The zero-order valence-electron chi connectivity index (χ0n) is 10.1. The monoisotopic (exact) mass is 307 g/mol. The van der Waals surface area contributed by atoms with Gasteiger partial charge in [-0.05, 0) is 47.9 Å². The van der Waals surface area contributed by atoms with Crippen molar-refractivity contribution in [1.29, 1.82) is 0 Å². The first-order valence-electron chi connectivity index (χ1n) is 6.02. The molecule has 0 bridgehead atoms. The van der Waals surface area contributed by atoms with Crippen molar-refractivity contribution in [3.63, 3.8) is 0 Å². The predicted molar refractivity (Wildman–Crippen MR) is 71.5 cm³/mol. The number of tetrazole rings is 1. The molecular formula is C12H14BrN5. The third-order valence-electron chi connectivity index (χ3n) is 3.13. The number of benzene rings is 1. The molecule has 0 unspecified atom stereocenters. The molecule has 1 heterocycles. The van der Waals surface area contributed by atoms with Crippen molar-refractivity contribution >= 4 is 15.9 Å². The van der Waals surface area contributed by atoms with Gasteiger partial charge < -0.3 is 5.32 Å². The van der Waals surface area contributed by atoms with Gasteiger partial charge in [-0.2, -0.15) is 4.68 Å². The summed E-state index contributed by atoms with van der Waals surface area (Å²) in [6.45, 7) is 2.77. The van der Waals surface area contributed by atoms with Gasteiger partial charge in [-0.3, -0.25) is 0 Å². The zero-order valence-corrected chi connectivity index (χ0v) is 11.7. The fourth-order valence-corrected chi connectivity index (χ4v) is 2.21. The number of hydrogen-bond donors (Lipinski definition) is 1. The number of hydrogen-bond acceptors (Lipinski definition) is 4. The Bertz CT molecular complexity index is 561. The van der Waals surface area contributed by atoms with Crippen LogP contribution in [-0.2, 0) is 6.54 Å². The van der Waals surface area contributed by atoms with E-state index in [-0.39, 0.29) is 0 Å². The molecule has 1 N–H and O–H groups in total. The Balaban J connectivity index is 1.90. The largest absolute Gasteiger partial charge is 0.307 e. The molecule has 0 spiro atoms. The number of rotatable bonds is 4. The highest BCUT2D eigenvalue weighted by Gasteiger charge is 2.21. The summed E-state index contributed by atoms with van der Waals surface area (Å²) in [5.41, 5.74) is 2.15. The van der Waals surface area contributed by atoms with E-state index < -0.39 is 0 Å². The van der Waals surface area contributed by atoms with Gasteiger partial charge in [0.25, 0.3) is 0 Å². The molecule has 18 heavy (non-hydrogen) atoms. The molecule has 94 valence electrons. The lowest BCUT2D eigenvalue weighted by Gasteiger charge is -2.09. The molecule has 1 saturated carbocycles. The van der Waals surface area contributed by atoms with Gasteiger partial charge in [-0.15, -0.1) is 5.10 Å². The Kier molecular flexibility index (Phi) is 3.13. The van der Waals surface area contributed by atoms with Crippen LogP contribution in [0.15, 0.2) is 22.7 Å². The van der Waals surface area contributed by atoms with E-state index in [0.717, 1.165) is 21.5 Å². The van der Waals surface area contributed by atoms with Gasteiger partial charge >= 0.3 is 0 Å². The highest BCUT2D eigenvalue weighted by atomic mass is 79.9. The highest BCUT2D eigenvalue weighted by molar-refractivity contribution is 9.10. The first-order valence-corrected chi connectivity index (χ1v) is 6.81. The number of halogens is 1. The van der Waals surface area contributed by atoms with Gasteiger partial charge in [0.1, 0.15) is 0 Å². The lowest BCUT2D eigenvalue weighted by atomic mass is 10.2. The number of nitrogens with one attached hydrogen (secondary N) is 1. The standard InChI is InChI=1S/C12H14BrN5/c1-8-10(13)3-2-4-11(8)18-12(15-16-17-18)7-14-9-5-6-9/h2-4,9,14H,5-7H2,1H3. The van der Waals surface area contributed by atoms with E-state index in [1.165, 1.54) is 12.8 Å². The van der Waals surface area contributed by atoms with E-state index in [1.807, 2.05) is 18.2 Å². The molecule has 1 aliphatic rings. The molecule has 1 aromatic heterocycles. The lowest BCUT2D eigenvalue weighted by molar-refractivity contribution is 0.637. The maximum absolute atomic E-state index is 4.09. The molecule has 5 nitrogen and oxygen atoms in total. The van der Waals surface area contributed by atoms with Crippen LogP contribution in [-0.4, -0.2) is 26.2 Å². The molecule has 6 heteroatoms. The summed E-state index contributed by atoms with van der Waals surface area (Å²) in [6.07, 6.45) is 2.52. The Labute approximate surface area is 114 Å². The first kappa shape index (κ1) is 11.8. The SMILES string of the molecule is Cc1c(Br)cccc1-n1nnnc1CNC1CC1. The molecule has 0 amide bonds. The molecule has 0 aliphatic heterocycles. The number of nitrogens with zero attached hydrogens (tertiary/aromatic N) is 4. The maximum Gasteiger partial charge on any atom is 0.170 e. The van der Waals surface area contributed by atoms with Crippen LogP contribution in [0.4, 0.5) is 0 Å².